The number of nitrogens with zero attached hydrogens (tertiary/aromatic N) is 3. The van der Waals surface area contributed by atoms with E-state index >= 15 is 0 Å². The Kier molecular flexibility index (Phi) is 4.80. The van der Waals surface area contributed by atoms with E-state index in [0.29, 0.717) is 11.4 Å². The van der Waals surface area contributed by atoms with Crippen molar-refractivity contribution < 1.29 is 14.7 Å². The van der Waals surface area contributed by atoms with E-state index in [9.17, 15) is 9.59 Å². The molecule has 0 aliphatic carbocycles. The summed E-state index contributed by atoms with van der Waals surface area (Å²) >= 11 is 0. The lowest BCUT2D eigenvalue weighted by atomic mass is 10.0. The van der Waals surface area contributed by atoms with Gasteiger partial charge in [-0.25, -0.2) is 4.79 Å². The predicted octanol–water partition coefficient (Wildman–Crippen LogP) is -0.174. The van der Waals surface area contributed by atoms with Crippen LogP contribution in [0.5, 0.6) is 0 Å². The number of tetrazole rings is 1. The van der Waals surface area contributed by atoms with E-state index < -0.39 is 12.0 Å². The van der Waals surface area contributed by atoms with Crippen molar-refractivity contribution in [1.29, 1.82) is 0 Å². The molecule has 0 bridgehead atoms. The van der Waals surface area contributed by atoms with E-state index in [1.165, 1.54) is 0 Å². The quantitative estimate of drug-likeness (QED) is 0.583. The highest BCUT2D eigenvalue weighted by Gasteiger charge is 2.08. The molecule has 0 aliphatic rings. The molecule has 0 atom stereocenters. The van der Waals surface area contributed by atoms with E-state index in [4.69, 9.17) is 5.11 Å². The number of carboxylic acids is 1. The minimum absolute atomic E-state index is 0.0810. The second kappa shape index (κ2) is 6.98. The van der Waals surface area contributed by atoms with Crippen molar-refractivity contribution in [2.24, 2.45) is 0 Å². The van der Waals surface area contributed by atoms with Gasteiger partial charge in [0.05, 0.1) is 13.0 Å². The summed E-state index contributed by atoms with van der Waals surface area (Å²) in [6.45, 7) is 0.390. The molecular formula is C12H14N6O3. The van der Waals surface area contributed by atoms with Gasteiger partial charge in [0.25, 0.3) is 0 Å². The molecule has 0 saturated carbocycles. The summed E-state index contributed by atoms with van der Waals surface area (Å²) in [5.41, 5.74) is 1.43. The van der Waals surface area contributed by atoms with Gasteiger partial charge >= 0.3 is 12.0 Å². The molecule has 1 heterocycles. The first-order chi connectivity index (χ1) is 10.1. The Hall–Kier alpha value is -2.97. The number of aromatic nitrogens is 4. The zero-order valence-electron chi connectivity index (χ0n) is 11.0. The van der Waals surface area contributed by atoms with Gasteiger partial charge in [0, 0.05) is 6.54 Å². The van der Waals surface area contributed by atoms with Gasteiger partial charge < -0.3 is 15.7 Å². The van der Waals surface area contributed by atoms with Gasteiger partial charge in [-0.15, -0.1) is 10.2 Å². The highest BCUT2D eigenvalue weighted by atomic mass is 16.4. The second-order valence-corrected chi connectivity index (χ2v) is 4.20. The highest BCUT2D eigenvalue weighted by Crippen LogP contribution is 2.09. The molecule has 2 amide bonds. The number of carboxylic acid groups (broad SMARTS) is 1. The normalized spacial score (nSPS) is 10.1. The van der Waals surface area contributed by atoms with Crippen LogP contribution < -0.4 is 10.6 Å². The Labute approximate surface area is 119 Å². The molecule has 110 valence electrons. The van der Waals surface area contributed by atoms with Crippen LogP contribution in [0, 0.1) is 0 Å². The molecule has 1 aromatic carbocycles. The van der Waals surface area contributed by atoms with Crippen molar-refractivity contribution in [2.45, 2.75) is 19.5 Å². The van der Waals surface area contributed by atoms with Gasteiger partial charge in [-0.3, -0.25) is 4.79 Å². The molecule has 0 spiro atoms. The highest BCUT2D eigenvalue weighted by molar-refractivity contribution is 5.74. The van der Waals surface area contributed by atoms with E-state index in [1.807, 2.05) is 0 Å². The minimum Gasteiger partial charge on any atom is -0.481 e. The van der Waals surface area contributed by atoms with Crippen LogP contribution in [-0.4, -0.2) is 37.7 Å². The molecule has 0 saturated heterocycles. The van der Waals surface area contributed by atoms with E-state index in [1.54, 1.807) is 24.3 Å². The van der Waals surface area contributed by atoms with Crippen LogP contribution in [0.15, 0.2) is 24.3 Å². The molecule has 4 N–H and O–H groups in total. The molecule has 2 rings (SSSR count). The number of nitrogens with one attached hydrogen (secondary N) is 3. The number of carbonyl (C=O) groups excluding carboxylic acids is 1. The average Bonchev–Trinajstić information content (AvgIpc) is 2.97. The first-order valence-electron chi connectivity index (χ1n) is 6.17. The van der Waals surface area contributed by atoms with Gasteiger partial charge in [0.15, 0.2) is 5.82 Å². The number of H-pyrrole nitrogens is 1. The number of hydrogen-bond donors (Lipinski definition) is 4. The van der Waals surface area contributed by atoms with Gasteiger partial charge in [0.1, 0.15) is 0 Å². The van der Waals surface area contributed by atoms with Gasteiger partial charge in [-0.2, -0.15) is 5.21 Å². The Morgan fingerprint density at radius 2 is 1.86 bits per heavy atom. The van der Waals surface area contributed by atoms with E-state index in [-0.39, 0.29) is 19.5 Å². The molecule has 0 fully saturated rings. The SMILES string of the molecule is O=C(O)Cc1ccccc1CNC(=O)NCc1nn[nH]n1. The number of aromatic amines is 1. The van der Waals surface area contributed by atoms with Crippen molar-refractivity contribution >= 4 is 12.0 Å². The lowest BCUT2D eigenvalue weighted by molar-refractivity contribution is -0.136. The maximum absolute atomic E-state index is 11.6. The lowest BCUT2D eigenvalue weighted by Crippen LogP contribution is -2.35. The molecule has 0 radical (unpaired) electrons. The van der Waals surface area contributed by atoms with E-state index in [0.717, 1.165) is 5.56 Å². The van der Waals surface area contributed by atoms with Crippen LogP contribution in [0.3, 0.4) is 0 Å². The molecular weight excluding hydrogens is 276 g/mol. The third-order valence-electron chi connectivity index (χ3n) is 2.70. The van der Waals surface area contributed by atoms with Crippen LogP contribution in [-0.2, 0) is 24.3 Å². The maximum Gasteiger partial charge on any atom is 0.315 e. The fraction of sp³-hybridized carbons (Fsp3) is 0.250. The molecule has 9 heteroatoms. The number of benzene rings is 1. The van der Waals surface area contributed by atoms with Crippen molar-refractivity contribution in [3.05, 3.63) is 41.2 Å². The lowest BCUT2D eigenvalue weighted by Gasteiger charge is -2.09. The Morgan fingerprint density at radius 1 is 1.14 bits per heavy atom. The van der Waals surface area contributed by atoms with Crippen LogP contribution in [0.25, 0.3) is 0 Å². The molecule has 21 heavy (non-hydrogen) atoms. The maximum atomic E-state index is 11.6. The van der Waals surface area contributed by atoms with Crippen LogP contribution >= 0.6 is 0 Å². The molecule has 9 nitrogen and oxygen atoms in total. The summed E-state index contributed by atoms with van der Waals surface area (Å²) in [4.78, 5) is 22.4. The summed E-state index contributed by atoms with van der Waals surface area (Å²) in [5.74, 6) is -0.541. The first-order valence-corrected chi connectivity index (χ1v) is 6.17. The summed E-state index contributed by atoms with van der Waals surface area (Å²) in [6.07, 6.45) is -0.0810. The summed E-state index contributed by atoms with van der Waals surface area (Å²) < 4.78 is 0. The largest absolute Gasteiger partial charge is 0.481 e. The fourth-order valence-electron chi connectivity index (χ4n) is 1.72. The van der Waals surface area contributed by atoms with Crippen LogP contribution in [0.2, 0.25) is 0 Å². The molecule has 2 aromatic rings. The van der Waals surface area contributed by atoms with Crippen molar-refractivity contribution in [3.63, 3.8) is 0 Å². The fourth-order valence-corrected chi connectivity index (χ4v) is 1.72. The number of carbonyl (C=O) groups is 2. The second-order valence-electron chi connectivity index (χ2n) is 4.20. The number of rotatable bonds is 6. The monoisotopic (exact) mass is 290 g/mol. The van der Waals surface area contributed by atoms with Crippen LogP contribution in [0.4, 0.5) is 4.79 Å². The number of hydrogen-bond acceptors (Lipinski definition) is 5. The van der Waals surface area contributed by atoms with Crippen molar-refractivity contribution in [2.75, 3.05) is 0 Å². The van der Waals surface area contributed by atoms with Gasteiger partial charge in [0.2, 0.25) is 0 Å². The first kappa shape index (κ1) is 14.4. The standard InChI is InChI=1S/C12H14N6O3/c19-11(20)5-8-3-1-2-4-9(8)6-13-12(21)14-7-10-15-17-18-16-10/h1-4H,5-7H2,(H,19,20)(H2,13,14,21)(H,15,16,17,18). The Morgan fingerprint density at radius 3 is 2.52 bits per heavy atom. The Bertz CT molecular complexity index is 613. The van der Waals surface area contributed by atoms with Gasteiger partial charge in [-0.1, -0.05) is 29.5 Å². The van der Waals surface area contributed by atoms with Crippen molar-refractivity contribution in [3.8, 4) is 0 Å². The predicted molar refractivity (Wildman–Crippen MR) is 71.0 cm³/mol. The molecule has 1 aromatic heterocycles. The summed E-state index contributed by atoms with van der Waals surface area (Å²) in [6, 6.07) is 6.66. The Balaban J connectivity index is 1.84. The summed E-state index contributed by atoms with van der Waals surface area (Å²) in [7, 11) is 0. The molecule has 0 unspecified atom stereocenters. The third-order valence-corrected chi connectivity index (χ3v) is 2.70. The zero-order valence-corrected chi connectivity index (χ0v) is 11.0. The average molecular weight is 290 g/mol. The number of urea groups is 1. The number of amides is 2. The van der Waals surface area contributed by atoms with E-state index in [2.05, 4.69) is 31.3 Å². The van der Waals surface area contributed by atoms with Gasteiger partial charge in [-0.05, 0) is 11.1 Å². The smallest absolute Gasteiger partial charge is 0.315 e. The van der Waals surface area contributed by atoms with Crippen LogP contribution in [0.1, 0.15) is 17.0 Å². The summed E-state index contributed by atoms with van der Waals surface area (Å²) in [5, 5.41) is 27.1. The zero-order chi connectivity index (χ0) is 15.1. The molecule has 0 aliphatic heterocycles. The number of aliphatic carboxylic acids is 1. The van der Waals surface area contributed by atoms with Crippen molar-refractivity contribution in [1.82, 2.24) is 31.3 Å². The topological polar surface area (TPSA) is 133 Å². The minimum atomic E-state index is -0.913. The third kappa shape index (κ3) is 4.56.